The molecular formula is C10H20BrNO3. The van der Waals surface area contributed by atoms with E-state index in [2.05, 4.69) is 20.8 Å². The number of aliphatic hydroxyl groups excluding tert-OH is 2. The van der Waals surface area contributed by atoms with E-state index in [1.165, 1.54) is 0 Å². The predicted octanol–water partition coefficient (Wildman–Crippen LogP) is 0.216. The number of likely N-dealkylation sites (tertiary alicyclic amines) is 1. The van der Waals surface area contributed by atoms with Crippen molar-refractivity contribution in [2.75, 3.05) is 38.2 Å². The van der Waals surface area contributed by atoms with Crippen molar-refractivity contribution in [1.82, 2.24) is 4.90 Å². The molecule has 0 bridgehead atoms. The fraction of sp³-hybridized carbons (Fsp3) is 1.00. The largest absolute Gasteiger partial charge is 0.394 e. The number of piperidine rings is 1. The van der Waals surface area contributed by atoms with E-state index in [1.54, 1.807) is 0 Å². The van der Waals surface area contributed by atoms with Crippen LogP contribution in [-0.4, -0.2) is 65.5 Å². The highest BCUT2D eigenvalue weighted by Gasteiger charge is 2.20. The van der Waals surface area contributed by atoms with Crippen LogP contribution in [0.5, 0.6) is 0 Å². The summed E-state index contributed by atoms with van der Waals surface area (Å²) in [5.41, 5.74) is 0. The second kappa shape index (κ2) is 7.57. The van der Waals surface area contributed by atoms with Crippen molar-refractivity contribution in [3.63, 3.8) is 0 Å². The molecule has 0 spiro atoms. The molecule has 0 radical (unpaired) electrons. The number of halogens is 1. The van der Waals surface area contributed by atoms with Gasteiger partial charge < -0.3 is 19.8 Å². The number of hydrogen-bond acceptors (Lipinski definition) is 4. The van der Waals surface area contributed by atoms with Crippen LogP contribution < -0.4 is 0 Å². The minimum Gasteiger partial charge on any atom is -0.394 e. The Hall–Kier alpha value is 0.320. The summed E-state index contributed by atoms with van der Waals surface area (Å²) in [5.74, 6) is 0. The van der Waals surface area contributed by atoms with Crippen LogP contribution in [0.25, 0.3) is 0 Å². The Morgan fingerprint density at radius 2 is 2.07 bits per heavy atom. The van der Waals surface area contributed by atoms with Gasteiger partial charge in [-0.05, 0) is 12.8 Å². The van der Waals surface area contributed by atoms with E-state index >= 15 is 0 Å². The minimum absolute atomic E-state index is 0.0997. The van der Waals surface area contributed by atoms with Crippen molar-refractivity contribution in [1.29, 1.82) is 0 Å². The molecule has 0 aromatic carbocycles. The maximum absolute atomic E-state index is 9.46. The van der Waals surface area contributed by atoms with Crippen LogP contribution >= 0.6 is 15.9 Å². The van der Waals surface area contributed by atoms with Gasteiger partial charge in [0.1, 0.15) is 0 Å². The lowest BCUT2D eigenvalue weighted by atomic mass is 10.1. The molecule has 4 nitrogen and oxygen atoms in total. The second-order valence-electron chi connectivity index (χ2n) is 3.90. The molecule has 1 saturated heterocycles. The third-order valence-electron chi connectivity index (χ3n) is 2.63. The van der Waals surface area contributed by atoms with E-state index in [0.29, 0.717) is 11.9 Å². The number of aliphatic hydroxyl groups is 2. The van der Waals surface area contributed by atoms with E-state index < -0.39 is 0 Å². The zero-order chi connectivity index (χ0) is 11.1. The van der Waals surface area contributed by atoms with Gasteiger partial charge in [0.25, 0.3) is 0 Å². The quantitative estimate of drug-likeness (QED) is 0.684. The smallest absolute Gasteiger partial charge is 0.0763 e. The topological polar surface area (TPSA) is 52.9 Å². The van der Waals surface area contributed by atoms with Crippen molar-refractivity contribution < 1.29 is 14.9 Å². The van der Waals surface area contributed by atoms with E-state index in [-0.39, 0.29) is 18.8 Å². The third-order valence-corrected chi connectivity index (χ3v) is 3.37. The van der Waals surface area contributed by atoms with Gasteiger partial charge in [0.05, 0.1) is 25.4 Å². The lowest BCUT2D eigenvalue weighted by Crippen LogP contribution is -2.41. The van der Waals surface area contributed by atoms with E-state index in [0.717, 1.165) is 32.5 Å². The van der Waals surface area contributed by atoms with Gasteiger partial charge in [-0.2, -0.15) is 0 Å². The summed E-state index contributed by atoms with van der Waals surface area (Å²) in [5, 5.41) is 18.7. The third kappa shape index (κ3) is 5.26. The maximum Gasteiger partial charge on any atom is 0.0763 e. The lowest BCUT2D eigenvalue weighted by Gasteiger charge is -2.32. The molecule has 1 heterocycles. The van der Waals surface area contributed by atoms with Crippen molar-refractivity contribution >= 4 is 15.9 Å². The number of ether oxygens (including phenoxy) is 1. The average molecular weight is 282 g/mol. The van der Waals surface area contributed by atoms with E-state index in [1.807, 2.05) is 0 Å². The summed E-state index contributed by atoms with van der Waals surface area (Å²) in [7, 11) is 0. The maximum atomic E-state index is 9.46. The molecule has 1 aliphatic heterocycles. The normalized spacial score (nSPS) is 21.8. The Kier molecular flexibility index (Phi) is 6.76. The molecule has 0 aromatic rings. The van der Waals surface area contributed by atoms with Crippen molar-refractivity contribution in [3.05, 3.63) is 0 Å². The monoisotopic (exact) mass is 281 g/mol. The Morgan fingerprint density at radius 1 is 1.40 bits per heavy atom. The van der Waals surface area contributed by atoms with Gasteiger partial charge in [-0.15, -0.1) is 0 Å². The molecule has 0 saturated carbocycles. The lowest BCUT2D eigenvalue weighted by molar-refractivity contribution is -0.0133. The van der Waals surface area contributed by atoms with Crippen LogP contribution in [-0.2, 0) is 4.74 Å². The number of β-amino-alcohol motifs (C(OH)–C–C–N with tert-alkyl or cyclic N) is 1. The predicted molar refractivity (Wildman–Crippen MR) is 62.3 cm³/mol. The Labute approximate surface area is 99.3 Å². The molecule has 1 unspecified atom stereocenters. The zero-order valence-electron chi connectivity index (χ0n) is 8.94. The van der Waals surface area contributed by atoms with Gasteiger partial charge in [0.2, 0.25) is 0 Å². The first-order chi connectivity index (χ1) is 7.26. The summed E-state index contributed by atoms with van der Waals surface area (Å²) in [6.45, 7) is 3.22. The minimum atomic E-state index is -0.278. The Balaban J connectivity index is 2.12. The molecule has 1 rings (SSSR count). The van der Waals surface area contributed by atoms with E-state index in [9.17, 15) is 5.11 Å². The molecule has 2 N–H and O–H groups in total. The highest BCUT2D eigenvalue weighted by molar-refractivity contribution is 9.09. The van der Waals surface area contributed by atoms with Gasteiger partial charge in [0.15, 0.2) is 0 Å². The molecule has 90 valence electrons. The highest BCUT2D eigenvalue weighted by atomic mass is 79.9. The molecule has 5 heteroatoms. The fourth-order valence-corrected chi connectivity index (χ4v) is 2.03. The SMILES string of the molecule is OCCOC1CCN(CC(O)CBr)CC1. The van der Waals surface area contributed by atoms with Gasteiger partial charge >= 0.3 is 0 Å². The van der Waals surface area contributed by atoms with Crippen LogP contribution in [0.2, 0.25) is 0 Å². The van der Waals surface area contributed by atoms with Crippen LogP contribution in [0.4, 0.5) is 0 Å². The Morgan fingerprint density at radius 3 is 2.60 bits per heavy atom. The number of rotatable bonds is 6. The van der Waals surface area contributed by atoms with Crippen LogP contribution in [0.1, 0.15) is 12.8 Å². The van der Waals surface area contributed by atoms with Crippen LogP contribution in [0.3, 0.4) is 0 Å². The molecule has 0 aromatic heterocycles. The second-order valence-corrected chi connectivity index (χ2v) is 4.55. The first-order valence-electron chi connectivity index (χ1n) is 5.45. The van der Waals surface area contributed by atoms with Gasteiger partial charge in [-0.1, -0.05) is 15.9 Å². The summed E-state index contributed by atoms with van der Waals surface area (Å²) in [4.78, 5) is 2.25. The summed E-state index contributed by atoms with van der Waals surface area (Å²) >= 11 is 3.26. The van der Waals surface area contributed by atoms with Crippen LogP contribution in [0.15, 0.2) is 0 Å². The van der Waals surface area contributed by atoms with E-state index in [4.69, 9.17) is 9.84 Å². The number of hydrogen-bond donors (Lipinski definition) is 2. The van der Waals surface area contributed by atoms with Gasteiger partial charge in [-0.3, -0.25) is 0 Å². The zero-order valence-corrected chi connectivity index (χ0v) is 10.5. The Bertz CT molecular complexity index is 163. The van der Waals surface area contributed by atoms with Crippen molar-refractivity contribution in [2.24, 2.45) is 0 Å². The molecule has 1 fully saturated rings. The standard InChI is InChI=1S/C10H20BrNO3/c11-7-9(14)8-12-3-1-10(2-4-12)15-6-5-13/h9-10,13-14H,1-8H2. The number of nitrogens with zero attached hydrogens (tertiary/aromatic N) is 1. The molecule has 1 atom stereocenters. The fourth-order valence-electron chi connectivity index (χ4n) is 1.82. The summed E-state index contributed by atoms with van der Waals surface area (Å²) in [6, 6.07) is 0. The van der Waals surface area contributed by atoms with Gasteiger partial charge in [-0.25, -0.2) is 0 Å². The first kappa shape index (κ1) is 13.4. The molecule has 0 aliphatic carbocycles. The highest BCUT2D eigenvalue weighted by Crippen LogP contribution is 2.13. The van der Waals surface area contributed by atoms with Crippen LogP contribution in [0, 0.1) is 0 Å². The molecule has 15 heavy (non-hydrogen) atoms. The average Bonchev–Trinajstić information content (AvgIpc) is 2.28. The van der Waals surface area contributed by atoms with Crippen molar-refractivity contribution in [3.8, 4) is 0 Å². The first-order valence-corrected chi connectivity index (χ1v) is 6.57. The van der Waals surface area contributed by atoms with Gasteiger partial charge in [0, 0.05) is 25.0 Å². The molecule has 0 amide bonds. The number of alkyl halides is 1. The molecular weight excluding hydrogens is 262 g/mol. The molecule has 1 aliphatic rings. The van der Waals surface area contributed by atoms with Crippen molar-refractivity contribution in [2.45, 2.75) is 25.0 Å². The summed E-state index contributed by atoms with van der Waals surface area (Å²) < 4.78 is 5.46. The summed E-state index contributed by atoms with van der Waals surface area (Å²) in [6.07, 6.45) is 2.00.